The summed E-state index contributed by atoms with van der Waals surface area (Å²) in [6.07, 6.45) is 2.37. The number of anilines is 5. The maximum atomic E-state index is 13.2. The molecule has 5 atom stereocenters. The van der Waals surface area contributed by atoms with Crippen molar-refractivity contribution in [1.82, 2.24) is 15.1 Å². The van der Waals surface area contributed by atoms with E-state index < -0.39 is 47.3 Å². The summed E-state index contributed by atoms with van der Waals surface area (Å²) in [5, 5.41) is 46.8. The second-order valence-electron chi connectivity index (χ2n) is 33.1. The zero-order chi connectivity index (χ0) is 96.9. The number of nitrogens with zero attached hydrogens (tertiary/aromatic N) is 9. The van der Waals surface area contributed by atoms with Crippen molar-refractivity contribution in [2.24, 2.45) is 16.2 Å². The average molecular weight is 1970 g/mol. The van der Waals surface area contributed by atoms with Crippen molar-refractivity contribution in [3.63, 3.8) is 0 Å². The molecule has 136 heavy (non-hydrogen) atoms. The number of carbonyl (C=O) groups excluding carboxylic acids is 4. The van der Waals surface area contributed by atoms with Crippen LogP contribution in [0.3, 0.4) is 0 Å². The number of benzene rings is 8. The molecule has 0 spiro atoms. The molecule has 8 aliphatic rings. The first-order chi connectivity index (χ1) is 64.2. The molecular formula is C97H108Cl5F3LiN11O19. The fourth-order valence-corrected chi connectivity index (χ4v) is 17.6. The minimum absolute atomic E-state index is 0. The van der Waals surface area contributed by atoms with E-state index >= 15 is 0 Å². The number of likely N-dealkylation sites (N-methyl/N-ethyl adjacent to an activating group) is 4. The number of likely N-dealkylation sites (tertiary alicyclic amines) is 2. The molecule has 8 aromatic rings. The van der Waals surface area contributed by atoms with E-state index in [1.165, 1.54) is 71.9 Å². The number of fused-ring (bicyclic) bond motifs is 5. The first kappa shape index (κ1) is 108. The molecule has 4 N–H and O–H groups in total. The second-order valence-corrected chi connectivity index (χ2v) is 35.1. The van der Waals surface area contributed by atoms with Crippen molar-refractivity contribution >= 4 is 116 Å². The van der Waals surface area contributed by atoms with Crippen LogP contribution in [0, 0.1) is 67.7 Å². The summed E-state index contributed by atoms with van der Waals surface area (Å²) in [4.78, 5) is 71.8. The van der Waals surface area contributed by atoms with Gasteiger partial charge in [-0.05, 0) is 168 Å². The molecule has 0 saturated carbocycles. The zero-order valence-corrected chi connectivity index (χ0v) is 81.3. The number of aliphatic carboxylic acids is 1. The number of amides is 2. The first-order valence-electron chi connectivity index (χ1n) is 43.3. The van der Waals surface area contributed by atoms with Gasteiger partial charge < -0.3 is 107 Å². The molecule has 30 nitrogen and oxygen atoms in total. The van der Waals surface area contributed by atoms with Gasteiger partial charge in [0.05, 0.1) is 169 Å². The van der Waals surface area contributed by atoms with Crippen LogP contribution >= 0.6 is 58.0 Å². The van der Waals surface area contributed by atoms with Crippen molar-refractivity contribution in [2.75, 3.05) is 174 Å². The SMILES string of the molecule is CCOC(=O)C1CN(C)c2cc(Cl)c(OC)cc2O1.CCOC(=O)C1CNc2cc(Cl)c(OC)cc2O1.COc1cc2c(cc1Cl)N(C)CC(C(=O)N1CCC(C#N)(Cc3ccc(F)cc3)CC1)O2.COc1cc2c(cc1Cl)N(C)CC(C(=O)N1CCC(C#N)(Cc3ccc(F)cc3)CC1)O2.COc1cc2c(cc1Cl)N(C)CC(C(=O)O)O2.N#CC1(Cc2ccc(F)cc2)CCNCC1.[Li+].[OH-]. The largest absolute Gasteiger partial charge is 1.00 e. The molecule has 16 rings (SSSR count). The number of ether oxygens (including phenoxy) is 12. The second kappa shape index (κ2) is 49.4. The molecule has 8 aliphatic heterocycles. The molecule has 39 heteroatoms. The summed E-state index contributed by atoms with van der Waals surface area (Å²) in [5.41, 5.74) is 5.45. The molecule has 722 valence electrons. The fourth-order valence-electron chi connectivity index (χ4n) is 16.5. The van der Waals surface area contributed by atoms with E-state index in [1.54, 1.807) is 133 Å². The summed E-state index contributed by atoms with van der Waals surface area (Å²) in [6, 6.07) is 43.4. The number of nitriles is 3. The predicted octanol–water partition coefficient (Wildman–Crippen LogP) is 13.0. The molecule has 0 aromatic heterocycles. The Hall–Kier alpha value is -11.7. The van der Waals surface area contributed by atoms with Crippen LogP contribution in [0.25, 0.3) is 0 Å². The van der Waals surface area contributed by atoms with Crippen molar-refractivity contribution < 1.29 is 123 Å². The molecule has 0 bridgehead atoms. The molecule has 2 amide bonds. The van der Waals surface area contributed by atoms with Gasteiger partial charge >= 0.3 is 36.8 Å². The third kappa shape index (κ3) is 27.2. The summed E-state index contributed by atoms with van der Waals surface area (Å²) >= 11 is 30.5. The molecule has 0 radical (unpaired) electrons. The molecular weight excluding hydrogens is 1860 g/mol. The molecule has 3 saturated heterocycles. The Morgan fingerprint density at radius 2 is 0.691 bits per heavy atom. The monoisotopic (exact) mass is 1970 g/mol. The van der Waals surface area contributed by atoms with Gasteiger partial charge in [-0.3, -0.25) is 9.59 Å². The topological polar surface area (TPSA) is 361 Å². The van der Waals surface area contributed by atoms with Gasteiger partial charge in [0.15, 0.2) is 12.2 Å². The Kier molecular flexibility index (Phi) is 39.2. The number of halogens is 8. The third-order valence-electron chi connectivity index (χ3n) is 24.0. The number of carboxylic acids is 1. The van der Waals surface area contributed by atoms with Crippen LogP contribution in [-0.4, -0.2) is 230 Å². The van der Waals surface area contributed by atoms with Crippen LogP contribution in [-0.2, 0) is 52.7 Å². The quantitative estimate of drug-likeness (QED) is 0.0530. The Morgan fingerprint density at radius 1 is 0.419 bits per heavy atom. The number of hydrogen-bond acceptors (Lipinski definition) is 27. The number of hydrogen-bond donors (Lipinski definition) is 3. The first-order valence-corrected chi connectivity index (χ1v) is 45.2. The number of carboxylic acid groups (broad SMARTS) is 1. The zero-order valence-electron chi connectivity index (χ0n) is 77.5. The summed E-state index contributed by atoms with van der Waals surface area (Å²) < 4.78 is 104. The molecule has 0 aliphatic carbocycles. The van der Waals surface area contributed by atoms with Crippen LogP contribution in [0.1, 0.15) is 69.1 Å². The van der Waals surface area contributed by atoms with Gasteiger partial charge in [0.1, 0.15) is 74.9 Å². The van der Waals surface area contributed by atoms with Gasteiger partial charge in [-0.25, -0.2) is 27.6 Å². The van der Waals surface area contributed by atoms with Crippen molar-refractivity contribution in [2.45, 2.75) is 102 Å². The molecule has 8 aromatic carbocycles. The summed E-state index contributed by atoms with van der Waals surface area (Å²) in [7, 11) is 15.1. The molecule has 8 heterocycles. The number of piperidine rings is 3. The smallest absolute Gasteiger partial charge is 0.870 e. The number of methoxy groups -OCH3 is 5. The Bertz CT molecular complexity index is 5440. The van der Waals surface area contributed by atoms with Gasteiger partial charge in [-0.15, -0.1) is 0 Å². The number of nitrogens with one attached hydrogen (secondary N) is 2. The van der Waals surface area contributed by atoms with Gasteiger partial charge in [0.2, 0.25) is 18.3 Å². The maximum absolute atomic E-state index is 13.2. The van der Waals surface area contributed by atoms with Crippen molar-refractivity contribution in [3.8, 4) is 75.7 Å². The van der Waals surface area contributed by atoms with Crippen molar-refractivity contribution in [1.29, 1.82) is 15.8 Å². The minimum atomic E-state index is -0.989. The third-order valence-corrected chi connectivity index (χ3v) is 25.5. The summed E-state index contributed by atoms with van der Waals surface area (Å²) in [6.45, 7) is 9.77. The number of rotatable bonds is 18. The number of carbonyl (C=O) groups is 5. The van der Waals surface area contributed by atoms with E-state index in [1.807, 2.05) is 35.8 Å². The minimum Gasteiger partial charge on any atom is -0.870 e. The van der Waals surface area contributed by atoms with Crippen LogP contribution < -0.4 is 96.5 Å². The van der Waals surface area contributed by atoms with Gasteiger partial charge in [0, 0.05) is 84.7 Å². The van der Waals surface area contributed by atoms with E-state index in [-0.39, 0.29) is 77.5 Å². The normalized spacial score (nSPS) is 18.4. The molecule has 5 unspecified atom stereocenters. The van der Waals surface area contributed by atoms with E-state index in [2.05, 4.69) is 28.8 Å². The van der Waals surface area contributed by atoms with Crippen LogP contribution in [0.5, 0.6) is 57.5 Å². The Morgan fingerprint density at radius 3 is 1.00 bits per heavy atom. The maximum Gasteiger partial charge on any atom is 1.00 e. The molecule has 3 fully saturated rings. The van der Waals surface area contributed by atoms with Gasteiger partial charge in [0.25, 0.3) is 11.8 Å². The van der Waals surface area contributed by atoms with E-state index in [0.717, 1.165) is 77.5 Å². The van der Waals surface area contributed by atoms with Gasteiger partial charge in [-0.2, -0.15) is 15.8 Å². The standard InChI is InChI=1S/2C24H25ClFN3O3.C13H16ClNO4.C13H15FN2.C12H14ClNO4.C11H12ClNO4.Li.H2O/c2*1-28-14-22(32-21-12-20(31-2)18(25)11-19(21)28)23(30)29-9-7-24(15-27,8-10-29)13-16-3-5-17(26)6-4-16;1-4-18-13(16)12-7-15(2)9-5-8(14)10(17-3)6-11(9)19-12;14-12-3-1-11(2-4-12)9-13(10-15)5-7-16-8-6-13;1-3-17-12(15)11-6-14-8-4-7(13)9(16-2)5-10(8)18-11;1-13-5-10(11(14)15)17-9-4-8(16-2)6(12)3-7(9)13;;/h2*3-6,11-12,22H,7-10,13-14H2,1-2H3;5-6,12H,4,7H2,1-3H3;1-4,16H,5-9H2;4-5,11,14H,3,6H2,1-2H3;3-4,10H,5H2,1-2H3,(H,14,15);;1H2/q;;;;;;+1;/p-1. The average Bonchev–Trinajstić information content (AvgIpc) is 0.787. The Balaban J connectivity index is 0.000000187. The predicted molar refractivity (Wildman–Crippen MR) is 505 cm³/mol. The van der Waals surface area contributed by atoms with Gasteiger partial charge in [-0.1, -0.05) is 94.4 Å². The van der Waals surface area contributed by atoms with Crippen LogP contribution in [0.4, 0.5) is 41.6 Å². The Labute approximate surface area is 825 Å². The fraction of sp³-hybridized carbons (Fsp3) is 0.423. The van der Waals surface area contributed by atoms with E-state index in [0.29, 0.717) is 187 Å². The van der Waals surface area contributed by atoms with E-state index in [4.69, 9.17) is 120 Å². The van der Waals surface area contributed by atoms with E-state index in [9.17, 15) is 52.9 Å². The summed E-state index contributed by atoms with van der Waals surface area (Å²) in [5.74, 6) is 2.39. The van der Waals surface area contributed by atoms with Crippen LogP contribution in [0.2, 0.25) is 25.1 Å². The number of esters is 2. The van der Waals surface area contributed by atoms with Crippen LogP contribution in [0.15, 0.2) is 133 Å². The van der Waals surface area contributed by atoms with Crippen molar-refractivity contribution in [3.05, 3.63) is 193 Å².